The second-order valence-electron chi connectivity index (χ2n) is 5.96. The highest BCUT2D eigenvalue weighted by Gasteiger charge is 2.27. The minimum atomic E-state index is 0.205. The highest BCUT2D eigenvalue weighted by atomic mass is 16.2. The van der Waals surface area contributed by atoms with E-state index < -0.39 is 0 Å². The monoisotopic (exact) mass is 252 g/mol. The molecule has 0 radical (unpaired) electrons. The van der Waals surface area contributed by atoms with Crippen molar-refractivity contribution in [2.24, 2.45) is 11.8 Å². The first-order valence-corrected chi connectivity index (χ1v) is 7.82. The molecule has 0 spiro atoms. The number of hydrogen-bond acceptors (Lipinski definition) is 2. The lowest BCUT2D eigenvalue weighted by Crippen LogP contribution is -2.47. The van der Waals surface area contributed by atoms with Gasteiger partial charge in [-0.05, 0) is 44.6 Å². The Labute approximate surface area is 111 Å². The molecule has 1 saturated heterocycles. The van der Waals surface area contributed by atoms with E-state index in [2.05, 4.69) is 17.6 Å². The van der Waals surface area contributed by atoms with Crippen molar-refractivity contribution < 1.29 is 4.79 Å². The minimum absolute atomic E-state index is 0.205. The molecule has 2 N–H and O–H groups in total. The second kappa shape index (κ2) is 7.13. The SMILES string of the molecule is CCC(NC(=O)[C@@H]1CCCNC1)C1CCCCC1. The van der Waals surface area contributed by atoms with Gasteiger partial charge in [-0.25, -0.2) is 0 Å². The van der Waals surface area contributed by atoms with Crippen molar-refractivity contribution >= 4 is 5.91 Å². The van der Waals surface area contributed by atoms with Crippen LogP contribution in [0.3, 0.4) is 0 Å². The number of carbonyl (C=O) groups is 1. The lowest BCUT2D eigenvalue weighted by Gasteiger charge is -2.32. The molecule has 0 aromatic carbocycles. The Bertz CT molecular complexity index is 255. The highest BCUT2D eigenvalue weighted by Crippen LogP contribution is 2.28. The summed E-state index contributed by atoms with van der Waals surface area (Å²) in [6, 6.07) is 0.416. The highest BCUT2D eigenvalue weighted by molar-refractivity contribution is 5.79. The van der Waals surface area contributed by atoms with Crippen molar-refractivity contribution in [2.75, 3.05) is 13.1 Å². The van der Waals surface area contributed by atoms with Crippen LogP contribution < -0.4 is 10.6 Å². The van der Waals surface area contributed by atoms with Crippen molar-refractivity contribution in [3.05, 3.63) is 0 Å². The Balaban J connectivity index is 1.82. The first kappa shape index (κ1) is 13.9. The lowest BCUT2D eigenvalue weighted by atomic mass is 9.82. The molecular formula is C15H28N2O. The van der Waals surface area contributed by atoms with Crippen molar-refractivity contribution in [3.8, 4) is 0 Å². The molecule has 1 heterocycles. The Morgan fingerprint density at radius 1 is 1.22 bits per heavy atom. The molecule has 3 heteroatoms. The van der Waals surface area contributed by atoms with E-state index in [0.717, 1.165) is 38.3 Å². The van der Waals surface area contributed by atoms with Crippen LogP contribution in [0.4, 0.5) is 0 Å². The molecule has 18 heavy (non-hydrogen) atoms. The number of rotatable bonds is 4. The van der Waals surface area contributed by atoms with Gasteiger partial charge in [0.2, 0.25) is 5.91 Å². The second-order valence-corrected chi connectivity index (χ2v) is 5.96. The topological polar surface area (TPSA) is 41.1 Å². The van der Waals surface area contributed by atoms with E-state index in [4.69, 9.17) is 0 Å². The van der Waals surface area contributed by atoms with Gasteiger partial charge in [0.15, 0.2) is 0 Å². The average Bonchev–Trinajstić information content (AvgIpc) is 2.46. The molecule has 104 valence electrons. The molecule has 2 atom stereocenters. The zero-order valence-corrected chi connectivity index (χ0v) is 11.7. The third-order valence-electron chi connectivity index (χ3n) is 4.65. The summed E-state index contributed by atoms with van der Waals surface area (Å²) < 4.78 is 0. The van der Waals surface area contributed by atoms with Crippen LogP contribution in [0.2, 0.25) is 0 Å². The Hall–Kier alpha value is -0.570. The van der Waals surface area contributed by atoms with E-state index >= 15 is 0 Å². The van der Waals surface area contributed by atoms with Crippen molar-refractivity contribution in [3.63, 3.8) is 0 Å². The summed E-state index contributed by atoms with van der Waals surface area (Å²) in [7, 11) is 0. The number of nitrogens with one attached hydrogen (secondary N) is 2. The molecule has 1 aliphatic heterocycles. The molecule has 1 saturated carbocycles. The third kappa shape index (κ3) is 3.71. The molecule has 2 aliphatic rings. The molecule has 2 rings (SSSR count). The first-order chi connectivity index (χ1) is 8.81. The van der Waals surface area contributed by atoms with Crippen molar-refractivity contribution in [1.82, 2.24) is 10.6 Å². The van der Waals surface area contributed by atoms with Crippen LogP contribution in [-0.2, 0) is 4.79 Å². The van der Waals surface area contributed by atoms with Crippen LogP contribution in [-0.4, -0.2) is 25.0 Å². The molecule has 2 fully saturated rings. The number of hydrogen-bond donors (Lipinski definition) is 2. The molecule has 0 bridgehead atoms. The van der Waals surface area contributed by atoms with E-state index in [0.29, 0.717) is 11.9 Å². The fraction of sp³-hybridized carbons (Fsp3) is 0.933. The van der Waals surface area contributed by atoms with Gasteiger partial charge in [0.1, 0.15) is 0 Å². The van der Waals surface area contributed by atoms with Gasteiger partial charge < -0.3 is 10.6 Å². The van der Waals surface area contributed by atoms with Gasteiger partial charge in [-0.2, -0.15) is 0 Å². The molecule has 0 aromatic rings. The summed E-state index contributed by atoms with van der Waals surface area (Å²) >= 11 is 0. The van der Waals surface area contributed by atoms with E-state index in [-0.39, 0.29) is 5.92 Å². The fourth-order valence-corrected chi connectivity index (χ4v) is 3.47. The zero-order chi connectivity index (χ0) is 12.8. The van der Waals surface area contributed by atoms with Gasteiger partial charge in [-0.1, -0.05) is 26.2 Å². The summed E-state index contributed by atoms with van der Waals surface area (Å²) in [6.45, 7) is 4.15. The van der Waals surface area contributed by atoms with Gasteiger partial charge in [-0.15, -0.1) is 0 Å². The maximum Gasteiger partial charge on any atom is 0.224 e. The minimum Gasteiger partial charge on any atom is -0.353 e. The van der Waals surface area contributed by atoms with E-state index in [1.807, 2.05) is 0 Å². The summed E-state index contributed by atoms with van der Waals surface area (Å²) in [5.74, 6) is 1.22. The maximum atomic E-state index is 12.3. The van der Waals surface area contributed by atoms with Gasteiger partial charge in [0.25, 0.3) is 0 Å². The van der Waals surface area contributed by atoms with Crippen LogP contribution in [0, 0.1) is 11.8 Å². The van der Waals surface area contributed by atoms with E-state index in [1.165, 1.54) is 32.1 Å². The normalized spacial score (nSPS) is 27.7. The van der Waals surface area contributed by atoms with Gasteiger partial charge in [0.05, 0.1) is 5.92 Å². The third-order valence-corrected chi connectivity index (χ3v) is 4.65. The van der Waals surface area contributed by atoms with Crippen LogP contribution in [0.15, 0.2) is 0 Å². The summed E-state index contributed by atoms with van der Waals surface area (Å²) in [6.07, 6.45) is 9.97. The molecule has 1 aliphatic carbocycles. The van der Waals surface area contributed by atoms with E-state index in [1.54, 1.807) is 0 Å². The molecule has 3 nitrogen and oxygen atoms in total. The summed E-state index contributed by atoms with van der Waals surface area (Å²) in [4.78, 5) is 12.3. The predicted octanol–water partition coefficient (Wildman–Crippen LogP) is 2.46. The van der Waals surface area contributed by atoms with Gasteiger partial charge in [0, 0.05) is 12.6 Å². The average molecular weight is 252 g/mol. The standard InChI is InChI=1S/C15H28N2O/c1-2-14(12-7-4-3-5-8-12)17-15(18)13-9-6-10-16-11-13/h12-14,16H,2-11H2,1H3,(H,17,18)/t13-,14?/m1/s1. The van der Waals surface area contributed by atoms with Gasteiger partial charge in [-0.3, -0.25) is 4.79 Å². The quantitative estimate of drug-likeness (QED) is 0.807. The van der Waals surface area contributed by atoms with Crippen molar-refractivity contribution in [2.45, 2.75) is 64.3 Å². The first-order valence-electron chi connectivity index (χ1n) is 7.82. The largest absolute Gasteiger partial charge is 0.353 e. The molecule has 1 amide bonds. The maximum absolute atomic E-state index is 12.3. The Morgan fingerprint density at radius 2 is 2.00 bits per heavy atom. The zero-order valence-electron chi connectivity index (χ0n) is 11.7. The smallest absolute Gasteiger partial charge is 0.224 e. The van der Waals surface area contributed by atoms with E-state index in [9.17, 15) is 4.79 Å². The molecule has 0 aromatic heterocycles. The predicted molar refractivity (Wildman–Crippen MR) is 74.4 cm³/mol. The molecular weight excluding hydrogens is 224 g/mol. The van der Waals surface area contributed by atoms with Crippen LogP contribution in [0.5, 0.6) is 0 Å². The Kier molecular flexibility index (Phi) is 5.48. The number of amides is 1. The lowest BCUT2D eigenvalue weighted by molar-refractivity contribution is -0.126. The van der Waals surface area contributed by atoms with Crippen molar-refractivity contribution in [1.29, 1.82) is 0 Å². The fourth-order valence-electron chi connectivity index (χ4n) is 3.47. The number of carbonyl (C=O) groups excluding carboxylic acids is 1. The summed E-state index contributed by atoms with van der Waals surface area (Å²) in [5.41, 5.74) is 0. The summed E-state index contributed by atoms with van der Waals surface area (Å²) in [5, 5.41) is 6.65. The van der Waals surface area contributed by atoms with Gasteiger partial charge >= 0.3 is 0 Å². The number of piperidine rings is 1. The molecule has 1 unspecified atom stereocenters. The van der Waals surface area contributed by atoms with Crippen LogP contribution in [0.25, 0.3) is 0 Å². The van der Waals surface area contributed by atoms with Crippen LogP contribution in [0.1, 0.15) is 58.3 Å². The van der Waals surface area contributed by atoms with Crippen LogP contribution >= 0.6 is 0 Å². The Morgan fingerprint density at radius 3 is 2.61 bits per heavy atom.